The van der Waals surface area contributed by atoms with E-state index in [1.807, 2.05) is 0 Å². The quantitative estimate of drug-likeness (QED) is 0.0780. The molecule has 2 N–H and O–H groups in total. The van der Waals surface area contributed by atoms with E-state index in [4.69, 9.17) is 33.8 Å². The van der Waals surface area contributed by atoms with Gasteiger partial charge < -0.3 is 33.8 Å². The number of carbonyl (C=O) groups is 2. The maximum Gasteiger partial charge on any atom is 0.356 e. The van der Waals surface area contributed by atoms with E-state index in [-0.39, 0.29) is 62.4 Å². The number of hydrogen-bond donors (Lipinski definition) is 1. The van der Waals surface area contributed by atoms with Crippen LogP contribution >= 0.6 is 7.60 Å². The SMILES string of the molecule is CC(C)C(=O)Oc1ccc(COP(=O)(COCCOn2cnc3c(N)ncnc32)OCc2ccc(OC(=O)C(C)C)cc2)cc1. The fourth-order valence-electron chi connectivity index (χ4n) is 3.53. The van der Waals surface area contributed by atoms with Gasteiger partial charge in [-0.1, -0.05) is 52.0 Å². The zero-order valence-corrected chi connectivity index (χ0v) is 26.3. The number of anilines is 1. The van der Waals surface area contributed by atoms with Crippen LogP contribution in [0.4, 0.5) is 5.82 Å². The van der Waals surface area contributed by atoms with Crippen LogP contribution in [0.1, 0.15) is 38.8 Å². The van der Waals surface area contributed by atoms with Gasteiger partial charge in [0.2, 0.25) is 5.65 Å². The van der Waals surface area contributed by atoms with Crippen LogP contribution in [-0.4, -0.2) is 51.2 Å². The average molecular weight is 642 g/mol. The molecule has 14 nitrogen and oxygen atoms in total. The van der Waals surface area contributed by atoms with Crippen molar-refractivity contribution < 1.29 is 42.2 Å². The number of aromatic nitrogens is 4. The van der Waals surface area contributed by atoms with Gasteiger partial charge in [0, 0.05) is 0 Å². The summed E-state index contributed by atoms with van der Waals surface area (Å²) < 4.78 is 42.9. The van der Waals surface area contributed by atoms with E-state index in [1.165, 1.54) is 17.4 Å². The lowest BCUT2D eigenvalue weighted by molar-refractivity contribution is -0.138. The average Bonchev–Trinajstić information content (AvgIpc) is 3.44. The number of nitrogens with zero attached hydrogens (tertiary/aromatic N) is 4. The molecule has 240 valence electrons. The van der Waals surface area contributed by atoms with E-state index in [1.54, 1.807) is 76.2 Å². The van der Waals surface area contributed by atoms with Crippen LogP contribution in [0.5, 0.6) is 11.5 Å². The molecule has 0 unspecified atom stereocenters. The first kappa shape index (κ1) is 33.5. The summed E-state index contributed by atoms with van der Waals surface area (Å²) in [6, 6.07) is 13.3. The number of esters is 2. The van der Waals surface area contributed by atoms with E-state index >= 15 is 0 Å². The van der Waals surface area contributed by atoms with E-state index in [9.17, 15) is 14.2 Å². The number of hydrogen-bond acceptors (Lipinski definition) is 13. The molecule has 0 atom stereocenters. The van der Waals surface area contributed by atoms with Gasteiger partial charge in [0.15, 0.2) is 11.3 Å². The lowest BCUT2D eigenvalue weighted by Gasteiger charge is -2.19. The van der Waals surface area contributed by atoms with Gasteiger partial charge in [-0.15, -0.1) is 0 Å². The number of nitrogens with two attached hydrogens (primary N) is 1. The van der Waals surface area contributed by atoms with E-state index in [0.717, 1.165) is 0 Å². The minimum Gasteiger partial charge on any atom is -0.426 e. The molecule has 0 spiro atoms. The molecule has 2 aromatic carbocycles. The summed E-state index contributed by atoms with van der Waals surface area (Å²) in [5.41, 5.74) is 7.96. The third-order valence-electron chi connectivity index (χ3n) is 6.12. The molecule has 0 saturated carbocycles. The molecule has 0 saturated heterocycles. The molecule has 4 rings (SSSR count). The first-order chi connectivity index (χ1) is 21.5. The van der Waals surface area contributed by atoms with Crippen molar-refractivity contribution in [3.63, 3.8) is 0 Å². The summed E-state index contributed by atoms with van der Waals surface area (Å²) in [6.07, 6.45) is 2.36. The molecule has 0 aliphatic heterocycles. The van der Waals surface area contributed by atoms with Crippen LogP contribution < -0.4 is 20.0 Å². The fourth-order valence-corrected chi connectivity index (χ4v) is 4.80. The van der Waals surface area contributed by atoms with Crippen molar-refractivity contribution in [3.8, 4) is 11.5 Å². The summed E-state index contributed by atoms with van der Waals surface area (Å²) in [4.78, 5) is 41.5. The Hall–Kier alpha value is -4.36. The Bertz CT molecular complexity index is 1550. The smallest absolute Gasteiger partial charge is 0.356 e. The minimum atomic E-state index is -3.80. The van der Waals surface area contributed by atoms with Gasteiger partial charge in [0.25, 0.3) is 0 Å². The number of benzene rings is 2. The molecule has 0 aliphatic carbocycles. The summed E-state index contributed by atoms with van der Waals surface area (Å²) in [5.74, 6) is -0.207. The standard InChI is InChI=1S/C30H36N5O9P/c1-20(2)29(36)43-24-9-5-22(6-10-24)15-41-45(38,42-16-23-7-11-25(12-8-23)44-30(37)21(3)4)19-39-13-14-40-35-18-34-26-27(31)32-17-33-28(26)35/h5-12,17-18,20-21H,13-16,19H2,1-4H3,(H2,31,32,33). The van der Waals surface area contributed by atoms with Gasteiger partial charge in [-0.2, -0.15) is 4.73 Å². The van der Waals surface area contributed by atoms with Crippen molar-refractivity contribution in [3.05, 3.63) is 72.3 Å². The second-order valence-electron chi connectivity index (χ2n) is 10.5. The topological polar surface area (TPSA) is 176 Å². The Morgan fingerprint density at radius 1 is 0.800 bits per heavy atom. The highest BCUT2D eigenvalue weighted by molar-refractivity contribution is 7.53. The van der Waals surface area contributed by atoms with Crippen LogP contribution in [0.3, 0.4) is 0 Å². The van der Waals surface area contributed by atoms with Crippen LogP contribution in [0.25, 0.3) is 11.2 Å². The van der Waals surface area contributed by atoms with Gasteiger partial charge >= 0.3 is 19.5 Å². The number of rotatable bonds is 16. The van der Waals surface area contributed by atoms with Crippen molar-refractivity contribution in [1.29, 1.82) is 0 Å². The van der Waals surface area contributed by atoms with Crippen molar-refractivity contribution in [1.82, 2.24) is 19.7 Å². The molecule has 4 aromatic rings. The minimum absolute atomic E-state index is 0.0444. The molecule has 0 bridgehead atoms. The molecule has 15 heteroatoms. The highest BCUT2D eigenvalue weighted by atomic mass is 31.2. The van der Waals surface area contributed by atoms with Crippen LogP contribution in [0.15, 0.2) is 61.2 Å². The Kier molecular flexibility index (Phi) is 11.6. The zero-order chi connectivity index (χ0) is 32.4. The molecular weight excluding hydrogens is 605 g/mol. The first-order valence-electron chi connectivity index (χ1n) is 14.2. The summed E-state index contributed by atoms with van der Waals surface area (Å²) in [6.45, 7) is 7.00. The van der Waals surface area contributed by atoms with Crippen molar-refractivity contribution >= 4 is 36.5 Å². The Balaban J connectivity index is 1.35. The fraction of sp³-hybridized carbons (Fsp3) is 0.367. The van der Waals surface area contributed by atoms with Gasteiger partial charge in [0.1, 0.15) is 37.1 Å². The summed E-state index contributed by atoms with van der Waals surface area (Å²) in [7, 11) is -3.80. The third kappa shape index (κ3) is 9.82. The first-order valence-corrected chi connectivity index (χ1v) is 15.9. The van der Waals surface area contributed by atoms with E-state index in [2.05, 4.69) is 15.0 Å². The van der Waals surface area contributed by atoms with Gasteiger partial charge in [-0.3, -0.25) is 14.2 Å². The highest BCUT2D eigenvalue weighted by Gasteiger charge is 2.26. The Morgan fingerprint density at radius 3 is 1.84 bits per heavy atom. The second-order valence-corrected chi connectivity index (χ2v) is 12.5. The molecule has 0 fully saturated rings. The monoisotopic (exact) mass is 641 g/mol. The van der Waals surface area contributed by atoms with E-state index in [0.29, 0.717) is 33.8 Å². The number of ether oxygens (including phenoxy) is 3. The molecule has 2 heterocycles. The van der Waals surface area contributed by atoms with Crippen LogP contribution in [0.2, 0.25) is 0 Å². The predicted molar refractivity (Wildman–Crippen MR) is 163 cm³/mol. The highest BCUT2D eigenvalue weighted by Crippen LogP contribution is 2.49. The largest absolute Gasteiger partial charge is 0.426 e. The number of carbonyl (C=O) groups excluding carboxylic acids is 2. The number of fused-ring (bicyclic) bond motifs is 1. The molecule has 45 heavy (non-hydrogen) atoms. The molecule has 2 aromatic heterocycles. The zero-order valence-electron chi connectivity index (χ0n) is 25.5. The summed E-state index contributed by atoms with van der Waals surface area (Å²) >= 11 is 0. The second kappa shape index (κ2) is 15.6. The normalized spacial score (nSPS) is 11.7. The van der Waals surface area contributed by atoms with E-state index < -0.39 is 7.60 Å². The van der Waals surface area contributed by atoms with Crippen molar-refractivity contribution in [2.24, 2.45) is 11.8 Å². The molecular formula is C30H36N5O9P. The Morgan fingerprint density at radius 2 is 1.33 bits per heavy atom. The Labute approximate surface area is 260 Å². The van der Waals surface area contributed by atoms with Gasteiger partial charge in [-0.25, -0.2) is 15.0 Å². The number of imidazole rings is 1. The van der Waals surface area contributed by atoms with Crippen LogP contribution in [-0.2, 0) is 41.2 Å². The predicted octanol–water partition coefficient (Wildman–Crippen LogP) is 4.56. The summed E-state index contributed by atoms with van der Waals surface area (Å²) in [5, 5.41) is 0. The maximum atomic E-state index is 13.7. The lowest BCUT2D eigenvalue weighted by Crippen LogP contribution is -2.17. The molecule has 0 amide bonds. The number of nitrogen functional groups attached to an aromatic ring is 1. The maximum absolute atomic E-state index is 13.7. The van der Waals surface area contributed by atoms with Crippen molar-refractivity contribution in [2.75, 3.05) is 25.3 Å². The van der Waals surface area contributed by atoms with Gasteiger partial charge in [-0.05, 0) is 35.4 Å². The third-order valence-corrected chi connectivity index (χ3v) is 7.67. The van der Waals surface area contributed by atoms with Gasteiger partial charge in [0.05, 0.1) is 31.7 Å². The lowest BCUT2D eigenvalue weighted by atomic mass is 10.2. The van der Waals surface area contributed by atoms with Crippen molar-refractivity contribution in [2.45, 2.75) is 40.9 Å². The van der Waals surface area contributed by atoms with Crippen LogP contribution in [0, 0.1) is 11.8 Å². The molecule has 0 radical (unpaired) electrons. The molecule has 0 aliphatic rings.